The zero-order valence-electron chi connectivity index (χ0n) is 15.9. The Morgan fingerprint density at radius 1 is 1.00 bits per heavy atom. The number of nitrogens with zero attached hydrogens (tertiary/aromatic N) is 2. The Bertz CT molecular complexity index is 979. The van der Waals surface area contributed by atoms with Crippen molar-refractivity contribution in [3.8, 4) is 0 Å². The van der Waals surface area contributed by atoms with E-state index in [9.17, 15) is 18.0 Å². The molecule has 1 fully saturated rings. The van der Waals surface area contributed by atoms with Gasteiger partial charge in [-0.3, -0.25) is 9.59 Å². The number of amides is 2. The molecule has 0 saturated carbocycles. The van der Waals surface area contributed by atoms with Crippen LogP contribution in [-0.4, -0.2) is 56.1 Å². The van der Waals surface area contributed by atoms with E-state index in [2.05, 4.69) is 5.32 Å². The van der Waals surface area contributed by atoms with Gasteiger partial charge in [0.2, 0.25) is 16.4 Å². The first-order valence-corrected chi connectivity index (χ1v) is 10.4. The van der Waals surface area contributed by atoms with Gasteiger partial charge in [-0.05, 0) is 55.3 Å². The Morgan fingerprint density at radius 2 is 1.64 bits per heavy atom. The lowest BCUT2D eigenvalue weighted by Crippen LogP contribution is -2.47. The van der Waals surface area contributed by atoms with Crippen molar-refractivity contribution in [2.75, 3.05) is 31.5 Å². The molecule has 1 aliphatic heterocycles. The number of benzene rings is 2. The van der Waals surface area contributed by atoms with Crippen molar-refractivity contribution in [3.05, 3.63) is 59.2 Å². The maximum absolute atomic E-state index is 12.8. The SMILES string of the molecule is Cc1ccc(C)c(NC(=O)c2ccc(S(=O)(=O)N3CCN(C=O)CC3)cc2)c1. The smallest absolute Gasteiger partial charge is 0.255 e. The lowest BCUT2D eigenvalue weighted by Gasteiger charge is -2.31. The maximum atomic E-state index is 12.8. The van der Waals surface area contributed by atoms with Crippen molar-refractivity contribution in [2.24, 2.45) is 0 Å². The highest BCUT2D eigenvalue weighted by molar-refractivity contribution is 7.89. The van der Waals surface area contributed by atoms with E-state index in [1.807, 2.05) is 32.0 Å². The van der Waals surface area contributed by atoms with E-state index in [0.29, 0.717) is 18.7 Å². The first-order chi connectivity index (χ1) is 13.3. The molecule has 0 radical (unpaired) electrons. The summed E-state index contributed by atoms with van der Waals surface area (Å²) in [4.78, 5) is 25.0. The number of sulfonamides is 1. The van der Waals surface area contributed by atoms with Crippen LogP contribution in [0, 0.1) is 13.8 Å². The molecule has 2 amide bonds. The molecule has 8 heteroatoms. The fourth-order valence-corrected chi connectivity index (χ4v) is 4.46. The van der Waals surface area contributed by atoms with Gasteiger partial charge < -0.3 is 10.2 Å². The average Bonchev–Trinajstić information content (AvgIpc) is 2.71. The Morgan fingerprint density at radius 3 is 2.25 bits per heavy atom. The van der Waals surface area contributed by atoms with Crippen LogP contribution < -0.4 is 5.32 Å². The van der Waals surface area contributed by atoms with Crippen LogP contribution in [0.15, 0.2) is 47.4 Å². The molecule has 1 N–H and O–H groups in total. The number of nitrogens with one attached hydrogen (secondary N) is 1. The Kier molecular flexibility index (Phi) is 5.81. The molecule has 0 spiro atoms. The number of carbonyl (C=O) groups is 2. The summed E-state index contributed by atoms with van der Waals surface area (Å²) in [6.45, 7) is 5.13. The number of aryl methyl sites for hydroxylation is 2. The van der Waals surface area contributed by atoms with Crippen LogP contribution in [0.5, 0.6) is 0 Å². The fraction of sp³-hybridized carbons (Fsp3) is 0.300. The van der Waals surface area contributed by atoms with Gasteiger partial charge in [0.15, 0.2) is 0 Å². The Hall–Kier alpha value is -2.71. The zero-order valence-corrected chi connectivity index (χ0v) is 16.7. The molecule has 7 nitrogen and oxygen atoms in total. The molecule has 0 bridgehead atoms. The van der Waals surface area contributed by atoms with E-state index < -0.39 is 10.0 Å². The van der Waals surface area contributed by atoms with Crippen LogP contribution in [0.4, 0.5) is 5.69 Å². The lowest BCUT2D eigenvalue weighted by molar-refractivity contribution is -0.119. The van der Waals surface area contributed by atoms with E-state index in [1.54, 1.807) is 4.90 Å². The summed E-state index contributed by atoms with van der Waals surface area (Å²) in [5, 5.41) is 2.86. The molecule has 0 aromatic heterocycles. The van der Waals surface area contributed by atoms with Gasteiger partial charge >= 0.3 is 0 Å². The minimum atomic E-state index is -3.65. The minimum Gasteiger partial charge on any atom is -0.343 e. The first-order valence-electron chi connectivity index (χ1n) is 8.99. The molecule has 1 aliphatic rings. The Balaban J connectivity index is 1.73. The first kappa shape index (κ1) is 20.0. The molecule has 1 heterocycles. The van der Waals surface area contributed by atoms with Crippen LogP contribution in [0.2, 0.25) is 0 Å². The minimum absolute atomic E-state index is 0.135. The molecular formula is C20H23N3O4S. The van der Waals surface area contributed by atoms with E-state index in [1.165, 1.54) is 28.6 Å². The van der Waals surface area contributed by atoms with E-state index in [-0.39, 0.29) is 23.9 Å². The summed E-state index contributed by atoms with van der Waals surface area (Å²) in [7, 11) is -3.65. The van der Waals surface area contributed by atoms with Gasteiger partial charge in [-0.1, -0.05) is 12.1 Å². The average molecular weight is 401 g/mol. The van der Waals surface area contributed by atoms with Crippen molar-refractivity contribution < 1.29 is 18.0 Å². The van der Waals surface area contributed by atoms with Crippen LogP contribution >= 0.6 is 0 Å². The fourth-order valence-electron chi connectivity index (χ4n) is 3.04. The summed E-state index contributed by atoms with van der Waals surface area (Å²) in [5.41, 5.74) is 3.10. The number of anilines is 1. The molecule has 2 aromatic carbocycles. The number of carbonyl (C=O) groups excluding carboxylic acids is 2. The van der Waals surface area contributed by atoms with Crippen molar-refractivity contribution in [1.29, 1.82) is 0 Å². The highest BCUT2D eigenvalue weighted by Gasteiger charge is 2.28. The third kappa shape index (κ3) is 4.23. The van der Waals surface area contributed by atoms with Crippen molar-refractivity contribution >= 4 is 28.0 Å². The quantitative estimate of drug-likeness (QED) is 0.777. The summed E-state index contributed by atoms with van der Waals surface area (Å²) >= 11 is 0. The second-order valence-corrected chi connectivity index (χ2v) is 8.78. The predicted molar refractivity (Wildman–Crippen MR) is 107 cm³/mol. The normalized spacial score (nSPS) is 15.3. The van der Waals surface area contributed by atoms with Crippen LogP contribution in [0.3, 0.4) is 0 Å². The number of rotatable bonds is 5. The van der Waals surface area contributed by atoms with Crippen molar-refractivity contribution in [1.82, 2.24) is 9.21 Å². The molecule has 0 aliphatic carbocycles. The second kappa shape index (κ2) is 8.12. The summed E-state index contributed by atoms with van der Waals surface area (Å²) in [6, 6.07) is 11.7. The molecular weight excluding hydrogens is 378 g/mol. The second-order valence-electron chi connectivity index (χ2n) is 6.84. The number of piperazine rings is 1. The van der Waals surface area contributed by atoms with Crippen LogP contribution in [0.25, 0.3) is 0 Å². The van der Waals surface area contributed by atoms with Gasteiger partial charge in [-0.25, -0.2) is 8.42 Å². The molecule has 0 atom stereocenters. The van der Waals surface area contributed by atoms with Gasteiger partial charge in [0.25, 0.3) is 5.91 Å². The van der Waals surface area contributed by atoms with Crippen molar-refractivity contribution in [3.63, 3.8) is 0 Å². The standard InChI is InChI=1S/C20H23N3O4S/c1-15-3-4-16(2)19(13-15)21-20(25)17-5-7-18(8-6-17)28(26,27)23-11-9-22(14-24)10-12-23/h3-8,13-14H,9-12H2,1-2H3,(H,21,25). The summed E-state index contributed by atoms with van der Waals surface area (Å²) < 4.78 is 26.9. The largest absolute Gasteiger partial charge is 0.343 e. The molecule has 3 rings (SSSR count). The molecule has 148 valence electrons. The monoisotopic (exact) mass is 401 g/mol. The van der Waals surface area contributed by atoms with E-state index in [0.717, 1.165) is 23.2 Å². The predicted octanol–water partition coefficient (Wildman–Crippen LogP) is 2.02. The number of hydrogen-bond donors (Lipinski definition) is 1. The zero-order chi connectivity index (χ0) is 20.3. The maximum Gasteiger partial charge on any atom is 0.255 e. The van der Waals surface area contributed by atoms with Crippen LogP contribution in [0.1, 0.15) is 21.5 Å². The van der Waals surface area contributed by atoms with Gasteiger partial charge in [-0.2, -0.15) is 4.31 Å². The van der Waals surface area contributed by atoms with E-state index in [4.69, 9.17) is 0 Å². The summed E-state index contributed by atoms with van der Waals surface area (Å²) in [6.07, 6.45) is 0.729. The molecule has 28 heavy (non-hydrogen) atoms. The third-order valence-corrected chi connectivity index (χ3v) is 6.73. The van der Waals surface area contributed by atoms with Gasteiger partial charge in [0, 0.05) is 37.4 Å². The van der Waals surface area contributed by atoms with Crippen molar-refractivity contribution in [2.45, 2.75) is 18.7 Å². The van der Waals surface area contributed by atoms with Gasteiger partial charge in [0.1, 0.15) is 0 Å². The highest BCUT2D eigenvalue weighted by Crippen LogP contribution is 2.20. The molecule has 1 saturated heterocycles. The van der Waals surface area contributed by atoms with Gasteiger partial charge in [0.05, 0.1) is 4.90 Å². The lowest BCUT2D eigenvalue weighted by atomic mass is 10.1. The number of hydrogen-bond acceptors (Lipinski definition) is 4. The molecule has 2 aromatic rings. The highest BCUT2D eigenvalue weighted by atomic mass is 32.2. The Labute approximate surface area is 165 Å². The third-order valence-electron chi connectivity index (χ3n) is 4.82. The topological polar surface area (TPSA) is 86.8 Å². The van der Waals surface area contributed by atoms with Crippen LogP contribution in [-0.2, 0) is 14.8 Å². The molecule has 0 unspecified atom stereocenters. The summed E-state index contributed by atoms with van der Waals surface area (Å²) in [5.74, 6) is -0.294. The van der Waals surface area contributed by atoms with Gasteiger partial charge in [-0.15, -0.1) is 0 Å². The van der Waals surface area contributed by atoms with E-state index >= 15 is 0 Å².